The summed E-state index contributed by atoms with van der Waals surface area (Å²) in [5, 5.41) is 25.2. The molecular formula is C25H18FeN2O3+2. The van der Waals surface area contributed by atoms with E-state index in [1.54, 1.807) is 6.42 Å². The summed E-state index contributed by atoms with van der Waals surface area (Å²) >= 11 is 0. The van der Waals surface area contributed by atoms with Gasteiger partial charge < -0.3 is 5.21 Å². The number of fused-ring (bicyclic) bond motifs is 1. The Bertz CT molecular complexity index is 1020. The number of rotatable bonds is 3. The van der Waals surface area contributed by atoms with E-state index in [-0.39, 0.29) is 22.8 Å². The first-order chi connectivity index (χ1) is 14.6. The van der Waals surface area contributed by atoms with Crippen LogP contribution >= 0.6 is 0 Å². The summed E-state index contributed by atoms with van der Waals surface area (Å²) in [6.45, 7) is 0. The third kappa shape index (κ3) is 5.25. The third-order valence-electron chi connectivity index (χ3n) is 4.85. The average Bonchev–Trinajstić information content (AvgIpc) is 3.48. The molecule has 5 rings (SSSR count). The zero-order valence-electron chi connectivity index (χ0n) is 16.4. The molecular weight excluding hydrogens is 432 g/mol. The van der Waals surface area contributed by atoms with Gasteiger partial charge >= 0.3 is 17.1 Å². The molecule has 5 nitrogen and oxygen atoms in total. The molecule has 0 amide bonds. The Morgan fingerprint density at radius 3 is 2.03 bits per heavy atom. The molecule has 10 radical (unpaired) electrons. The second-order valence-electron chi connectivity index (χ2n) is 6.70. The Morgan fingerprint density at radius 1 is 0.742 bits per heavy atom. The topological polar surface area (TPSA) is 70.1 Å². The molecule has 1 aromatic heterocycles. The van der Waals surface area contributed by atoms with Crippen molar-refractivity contribution in [2.75, 3.05) is 0 Å². The van der Waals surface area contributed by atoms with Crippen molar-refractivity contribution < 1.29 is 26.7 Å². The summed E-state index contributed by atoms with van der Waals surface area (Å²) in [7, 11) is 0. The van der Waals surface area contributed by atoms with Crippen molar-refractivity contribution >= 4 is 16.5 Å². The molecule has 0 aliphatic heterocycles. The van der Waals surface area contributed by atoms with Crippen molar-refractivity contribution in [3.8, 4) is 0 Å². The third-order valence-corrected chi connectivity index (χ3v) is 4.85. The summed E-state index contributed by atoms with van der Waals surface area (Å²) in [4.78, 5) is 10.9. The van der Waals surface area contributed by atoms with Crippen molar-refractivity contribution in [3.05, 3.63) is 151 Å². The van der Waals surface area contributed by atoms with Crippen molar-refractivity contribution in [3.63, 3.8) is 0 Å². The van der Waals surface area contributed by atoms with Gasteiger partial charge in [0.05, 0.1) is 11.0 Å². The second-order valence-corrected chi connectivity index (χ2v) is 6.70. The quantitative estimate of drug-likeness (QED) is 0.193. The standard InChI is InChI=1S/C20H13N2O3.C5H5.Fe/c23-21-12-11-20(22(24)25)19(13-21)18-10-4-9-17(18)16-8-3-6-14-5-1-2-7-15(14)16;1-2-4-5-3-1;/h1-13H;1-5H;/q;;+2. The fourth-order valence-corrected chi connectivity index (χ4v) is 3.51. The molecule has 0 spiro atoms. The molecule has 0 N–H and O–H groups in total. The van der Waals surface area contributed by atoms with Gasteiger partial charge in [0.15, 0.2) is 12.4 Å². The fraction of sp³-hybridized carbons (Fsp3) is 0. The first-order valence-corrected chi connectivity index (χ1v) is 9.43. The van der Waals surface area contributed by atoms with E-state index in [1.165, 1.54) is 12.3 Å². The molecule has 2 aliphatic carbocycles. The second kappa shape index (κ2) is 10.7. The smallest absolute Gasteiger partial charge is 0.619 e. The predicted octanol–water partition coefficient (Wildman–Crippen LogP) is 4.57. The van der Waals surface area contributed by atoms with Gasteiger partial charge in [0.25, 0.3) is 5.69 Å². The molecule has 0 bridgehead atoms. The van der Waals surface area contributed by atoms with Crippen LogP contribution in [0.2, 0.25) is 0 Å². The maximum absolute atomic E-state index is 11.7. The minimum Gasteiger partial charge on any atom is -0.619 e. The van der Waals surface area contributed by atoms with E-state index in [1.807, 2.05) is 87.4 Å². The normalized spacial score (nSPS) is 16.5. The summed E-state index contributed by atoms with van der Waals surface area (Å²) in [6.07, 6.45) is 18.0. The molecule has 2 aliphatic rings. The number of hydrogen-bond donors (Lipinski definition) is 0. The number of benzene rings is 2. The summed E-state index contributed by atoms with van der Waals surface area (Å²) in [6, 6.07) is 15.2. The van der Waals surface area contributed by atoms with Crippen molar-refractivity contribution in [2.45, 2.75) is 0 Å². The van der Waals surface area contributed by atoms with Gasteiger partial charge in [-0.3, -0.25) is 10.1 Å². The molecule has 1 heterocycles. The van der Waals surface area contributed by atoms with Crippen LogP contribution in [0.25, 0.3) is 10.8 Å². The Morgan fingerprint density at radius 2 is 1.35 bits per heavy atom. The van der Waals surface area contributed by atoms with Gasteiger partial charge in [0.1, 0.15) is 5.56 Å². The first kappa shape index (κ1) is 23.2. The van der Waals surface area contributed by atoms with Crippen LogP contribution in [-0.4, -0.2) is 4.92 Å². The number of aromatic nitrogens is 1. The maximum atomic E-state index is 11.7. The van der Waals surface area contributed by atoms with E-state index < -0.39 is 4.92 Å². The fourth-order valence-electron chi connectivity index (χ4n) is 3.51. The number of nitro groups is 1. The summed E-state index contributed by atoms with van der Waals surface area (Å²) in [5.74, 6) is 1.54. The molecule has 0 atom stereocenters. The van der Waals surface area contributed by atoms with Gasteiger partial charge in [-0.25, -0.2) is 0 Å². The summed E-state index contributed by atoms with van der Waals surface area (Å²) < 4.78 is 0.586. The molecule has 2 aromatic carbocycles. The Hall–Kier alpha value is -2.43. The maximum Gasteiger partial charge on any atom is 2.00 e. The molecule has 152 valence electrons. The minimum atomic E-state index is -0.463. The van der Waals surface area contributed by atoms with Gasteiger partial charge in [-0.05, 0) is 67.7 Å². The van der Waals surface area contributed by atoms with E-state index in [9.17, 15) is 15.3 Å². The van der Waals surface area contributed by atoms with Crippen LogP contribution in [0.15, 0.2) is 60.9 Å². The Labute approximate surface area is 193 Å². The van der Waals surface area contributed by atoms with Crippen LogP contribution in [0.3, 0.4) is 0 Å². The van der Waals surface area contributed by atoms with Crippen LogP contribution in [-0.2, 0) is 17.1 Å². The molecule has 6 heteroatoms. The zero-order valence-corrected chi connectivity index (χ0v) is 17.5. The van der Waals surface area contributed by atoms with Crippen molar-refractivity contribution in [1.29, 1.82) is 0 Å². The van der Waals surface area contributed by atoms with E-state index in [0.29, 0.717) is 16.2 Å². The van der Waals surface area contributed by atoms with Crippen molar-refractivity contribution in [2.24, 2.45) is 0 Å². The van der Waals surface area contributed by atoms with E-state index in [0.717, 1.165) is 28.5 Å². The van der Waals surface area contributed by atoms with Crippen LogP contribution in [0.4, 0.5) is 5.69 Å². The molecule has 31 heavy (non-hydrogen) atoms. The summed E-state index contributed by atoms with van der Waals surface area (Å²) in [5.41, 5.74) is 1.21. The molecule has 2 fully saturated rings. The van der Waals surface area contributed by atoms with Crippen LogP contribution in [0, 0.1) is 78.5 Å². The number of hydrogen-bond acceptors (Lipinski definition) is 3. The van der Waals surface area contributed by atoms with Gasteiger partial charge in [0, 0.05) is 11.8 Å². The van der Waals surface area contributed by atoms with Gasteiger partial charge in [-0.15, -0.1) is 0 Å². The minimum absolute atomic E-state index is 0. The van der Waals surface area contributed by atoms with Gasteiger partial charge in [0.2, 0.25) is 0 Å². The monoisotopic (exact) mass is 450 g/mol. The molecule has 3 aromatic rings. The Kier molecular flexibility index (Phi) is 8.05. The zero-order chi connectivity index (χ0) is 20.9. The van der Waals surface area contributed by atoms with Crippen LogP contribution in [0.1, 0.15) is 11.1 Å². The van der Waals surface area contributed by atoms with Crippen LogP contribution in [0.5, 0.6) is 0 Å². The molecule has 0 unspecified atom stereocenters. The molecule has 2 saturated carbocycles. The van der Waals surface area contributed by atoms with Gasteiger partial charge in [-0.2, -0.15) is 4.73 Å². The van der Waals surface area contributed by atoms with Crippen LogP contribution < -0.4 is 4.73 Å². The van der Waals surface area contributed by atoms with Crippen molar-refractivity contribution in [1.82, 2.24) is 0 Å². The number of pyridine rings is 1. The Balaban J connectivity index is 0.000000401. The van der Waals surface area contributed by atoms with E-state index in [4.69, 9.17) is 0 Å². The number of nitrogens with zero attached hydrogens (tertiary/aromatic N) is 2. The largest absolute Gasteiger partial charge is 2.00 e. The predicted molar refractivity (Wildman–Crippen MR) is 115 cm³/mol. The SMILES string of the molecule is O=[N+]([O-])c1cc[n+]([O-])cc1[C]1[CH][CH][CH][C]1c1cccc2ccccc12.[CH]1[CH][CH][CH][CH]1.[Fe+2]. The first-order valence-electron chi connectivity index (χ1n) is 9.43. The van der Waals surface area contributed by atoms with Gasteiger partial charge in [-0.1, -0.05) is 42.5 Å². The van der Waals surface area contributed by atoms with E-state index in [2.05, 4.69) is 0 Å². The average molecular weight is 450 g/mol. The van der Waals surface area contributed by atoms with E-state index >= 15 is 0 Å². The molecule has 0 saturated heterocycles.